The van der Waals surface area contributed by atoms with Gasteiger partial charge in [0.2, 0.25) is 0 Å². The minimum Gasteiger partial charge on any atom is -0.495 e. The van der Waals surface area contributed by atoms with Crippen LogP contribution in [-0.2, 0) is 17.8 Å². The summed E-state index contributed by atoms with van der Waals surface area (Å²) in [4.78, 5) is 13.9. The third-order valence-electron chi connectivity index (χ3n) is 5.23. The molecule has 4 aromatic rings. The highest BCUT2D eigenvalue weighted by atomic mass is 35.5. The topological polar surface area (TPSA) is 96.2 Å². The second-order valence-corrected chi connectivity index (χ2v) is 8.92. The molecule has 0 atom stereocenters. The molecule has 3 heterocycles. The number of hydrogen-bond acceptors (Lipinski definition) is 9. The SMILES string of the molecule is COCCn1cc(CNc2nc(-c3c(Cl)c(OC)cc(OC)c3Cl)cc3cnc(SC)nc23)cn1. The van der Waals surface area contributed by atoms with Gasteiger partial charge in [-0.1, -0.05) is 35.0 Å². The maximum absolute atomic E-state index is 6.66. The summed E-state index contributed by atoms with van der Waals surface area (Å²) >= 11 is 14.8. The molecule has 184 valence electrons. The molecule has 1 aromatic carbocycles. The second kappa shape index (κ2) is 11.3. The Hall–Kier alpha value is -2.79. The van der Waals surface area contributed by atoms with Crippen molar-refractivity contribution in [3.05, 3.63) is 46.3 Å². The molecule has 0 amide bonds. The maximum Gasteiger partial charge on any atom is 0.187 e. The van der Waals surface area contributed by atoms with Crippen molar-refractivity contribution in [2.24, 2.45) is 0 Å². The molecular formula is C23H24Cl2N6O3S. The number of methoxy groups -OCH3 is 3. The number of benzene rings is 1. The molecule has 3 aromatic heterocycles. The van der Waals surface area contributed by atoms with Crippen molar-refractivity contribution in [2.75, 3.05) is 39.5 Å². The number of rotatable bonds is 10. The minimum absolute atomic E-state index is 0.331. The van der Waals surface area contributed by atoms with Gasteiger partial charge < -0.3 is 19.5 Å². The average molecular weight is 535 g/mol. The predicted octanol–water partition coefficient (Wildman–Crippen LogP) is 5.19. The van der Waals surface area contributed by atoms with E-state index in [0.717, 1.165) is 10.9 Å². The van der Waals surface area contributed by atoms with Crippen LogP contribution in [0.1, 0.15) is 5.56 Å². The lowest BCUT2D eigenvalue weighted by Crippen LogP contribution is -2.06. The Morgan fingerprint density at radius 2 is 1.77 bits per heavy atom. The highest BCUT2D eigenvalue weighted by Crippen LogP contribution is 2.46. The number of anilines is 1. The van der Waals surface area contributed by atoms with Crippen LogP contribution in [0.5, 0.6) is 11.5 Å². The Morgan fingerprint density at radius 3 is 2.43 bits per heavy atom. The van der Waals surface area contributed by atoms with Crippen LogP contribution in [0, 0.1) is 0 Å². The molecule has 0 saturated carbocycles. The van der Waals surface area contributed by atoms with Crippen molar-refractivity contribution >= 4 is 51.7 Å². The van der Waals surface area contributed by atoms with Gasteiger partial charge in [0.15, 0.2) is 11.0 Å². The van der Waals surface area contributed by atoms with E-state index in [-0.39, 0.29) is 0 Å². The van der Waals surface area contributed by atoms with E-state index in [4.69, 9.17) is 42.4 Å². The lowest BCUT2D eigenvalue weighted by Gasteiger charge is -2.16. The first-order valence-corrected chi connectivity index (χ1v) is 12.5. The average Bonchev–Trinajstić information content (AvgIpc) is 3.33. The molecule has 0 saturated heterocycles. The lowest BCUT2D eigenvalue weighted by atomic mass is 10.1. The van der Waals surface area contributed by atoms with Gasteiger partial charge in [0.1, 0.15) is 17.0 Å². The Morgan fingerprint density at radius 1 is 1.03 bits per heavy atom. The van der Waals surface area contributed by atoms with Gasteiger partial charge in [0.05, 0.1) is 49.3 Å². The minimum atomic E-state index is 0.331. The number of halogens is 2. The van der Waals surface area contributed by atoms with Crippen LogP contribution in [0.15, 0.2) is 35.9 Å². The van der Waals surface area contributed by atoms with E-state index < -0.39 is 0 Å². The lowest BCUT2D eigenvalue weighted by molar-refractivity contribution is 0.183. The summed E-state index contributed by atoms with van der Waals surface area (Å²) in [6.07, 6.45) is 7.44. The first kappa shape index (κ1) is 25.3. The van der Waals surface area contributed by atoms with Crippen molar-refractivity contribution in [1.82, 2.24) is 24.7 Å². The maximum atomic E-state index is 6.66. The zero-order chi connectivity index (χ0) is 24.9. The largest absolute Gasteiger partial charge is 0.495 e. The van der Waals surface area contributed by atoms with Gasteiger partial charge in [-0.2, -0.15) is 5.10 Å². The van der Waals surface area contributed by atoms with E-state index in [1.165, 1.54) is 26.0 Å². The first-order chi connectivity index (χ1) is 17.0. The molecule has 0 unspecified atom stereocenters. The van der Waals surface area contributed by atoms with Crippen molar-refractivity contribution in [1.29, 1.82) is 0 Å². The molecule has 4 rings (SSSR count). The quantitative estimate of drug-likeness (QED) is 0.217. The Balaban J connectivity index is 1.79. The van der Waals surface area contributed by atoms with Crippen molar-refractivity contribution in [3.8, 4) is 22.8 Å². The molecule has 0 aliphatic heterocycles. The Kier molecular flexibility index (Phi) is 8.17. The Labute approximate surface area is 217 Å². The van der Waals surface area contributed by atoms with Crippen LogP contribution >= 0.6 is 35.0 Å². The second-order valence-electron chi connectivity index (χ2n) is 7.39. The monoisotopic (exact) mass is 534 g/mol. The first-order valence-electron chi connectivity index (χ1n) is 10.5. The Bertz CT molecular complexity index is 1320. The molecule has 1 N–H and O–H groups in total. The zero-order valence-corrected chi connectivity index (χ0v) is 22.0. The summed E-state index contributed by atoms with van der Waals surface area (Å²) in [5.41, 5.74) is 2.70. The molecule has 0 bridgehead atoms. The summed E-state index contributed by atoms with van der Waals surface area (Å²) < 4.78 is 17.8. The van der Waals surface area contributed by atoms with E-state index in [1.54, 1.807) is 25.6 Å². The molecule has 9 nitrogen and oxygen atoms in total. The number of fused-ring (bicyclic) bond motifs is 1. The summed E-state index contributed by atoms with van der Waals surface area (Å²) in [6.45, 7) is 1.74. The van der Waals surface area contributed by atoms with Gasteiger partial charge in [-0.3, -0.25) is 4.68 Å². The van der Waals surface area contributed by atoms with E-state index >= 15 is 0 Å². The normalized spacial score (nSPS) is 11.1. The molecule has 0 radical (unpaired) electrons. The zero-order valence-electron chi connectivity index (χ0n) is 19.6. The van der Waals surface area contributed by atoms with Crippen LogP contribution in [-0.4, -0.2) is 58.9 Å². The van der Waals surface area contributed by atoms with Gasteiger partial charge in [0, 0.05) is 48.6 Å². The fourth-order valence-electron chi connectivity index (χ4n) is 3.47. The van der Waals surface area contributed by atoms with Crippen LogP contribution in [0.2, 0.25) is 10.0 Å². The van der Waals surface area contributed by atoms with Crippen LogP contribution < -0.4 is 14.8 Å². The fourth-order valence-corrected chi connectivity index (χ4v) is 4.51. The van der Waals surface area contributed by atoms with E-state index in [2.05, 4.69) is 20.4 Å². The molecule has 12 heteroatoms. The highest BCUT2D eigenvalue weighted by molar-refractivity contribution is 7.98. The number of nitrogens with one attached hydrogen (secondary N) is 1. The van der Waals surface area contributed by atoms with Crippen molar-refractivity contribution < 1.29 is 14.2 Å². The molecule has 0 aliphatic rings. The van der Waals surface area contributed by atoms with E-state index in [0.29, 0.717) is 69.0 Å². The summed E-state index contributed by atoms with van der Waals surface area (Å²) in [5.74, 6) is 1.42. The standard InChI is InChI=1S/C23H24Cl2N6O3S/c1-32-6-5-31-12-13(10-28-31)9-26-22-21-14(11-27-23(30-21)35-4)7-15(29-22)18-19(24)16(33-2)8-17(34-3)20(18)25/h7-8,10-12H,5-6,9H2,1-4H3,(H,26,29). The van der Waals surface area contributed by atoms with Crippen LogP contribution in [0.25, 0.3) is 22.2 Å². The molecule has 0 aliphatic carbocycles. The van der Waals surface area contributed by atoms with Crippen molar-refractivity contribution in [2.45, 2.75) is 18.2 Å². The molecule has 0 spiro atoms. The van der Waals surface area contributed by atoms with Crippen LogP contribution in [0.3, 0.4) is 0 Å². The van der Waals surface area contributed by atoms with E-state index in [9.17, 15) is 0 Å². The molecule has 0 fully saturated rings. The number of ether oxygens (including phenoxy) is 3. The number of pyridine rings is 1. The van der Waals surface area contributed by atoms with Crippen molar-refractivity contribution in [3.63, 3.8) is 0 Å². The number of hydrogen-bond donors (Lipinski definition) is 1. The number of thioether (sulfide) groups is 1. The van der Waals surface area contributed by atoms with Gasteiger partial charge in [-0.15, -0.1) is 0 Å². The third-order valence-corrected chi connectivity index (χ3v) is 6.54. The fraction of sp³-hybridized carbons (Fsp3) is 0.304. The van der Waals surface area contributed by atoms with Crippen LogP contribution in [0.4, 0.5) is 5.82 Å². The van der Waals surface area contributed by atoms with Gasteiger partial charge in [-0.25, -0.2) is 15.0 Å². The highest BCUT2D eigenvalue weighted by Gasteiger charge is 2.21. The number of nitrogens with zero attached hydrogens (tertiary/aromatic N) is 5. The van der Waals surface area contributed by atoms with Gasteiger partial charge >= 0.3 is 0 Å². The predicted molar refractivity (Wildman–Crippen MR) is 139 cm³/mol. The van der Waals surface area contributed by atoms with Gasteiger partial charge in [-0.05, 0) is 12.3 Å². The summed E-state index contributed by atoms with van der Waals surface area (Å²) in [7, 11) is 4.73. The van der Waals surface area contributed by atoms with Gasteiger partial charge in [0.25, 0.3) is 0 Å². The third kappa shape index (κ3) is 5.40. The van der Waals surface area contributed by atoms with E-state index in [1.807, 2.05) is 23.2 Å². The smallest absolute Gasteiger partial charge is 0.187 e. The number of aromatic nitrogens is 5. The molecular weight excluding hydrogens is 511 g/mol. The summed E-state index contributed by atoms with van der Waals surface area (Å²) in [5, 5.41) is 9.83. The summed E-state index contributed by atoms with van der Waals surface area (Å²) in [6, 6.07) is 3.49. The molecule has 35 heavy (non-hydrogen) atoms.